The molecule has 0 rings (SSSR count). The summed E-state index contributed by atoms with van der Waals surface area (Å²) in [5.74, 6) is 0. The predicted octanol–water partition coefficient (Wildman–Crippen LogP) is 2.40. The molecule has 0 aliphatic rings. The Hall–Kier alpha value is -0.370. The van der Waals surface area contributed by atoms with Crippen molar-refractivity contribution in [2.24, 2.45) is 10.8 Å². The van der Waals surface area contributed by atoms with Crippen LogP contribution in [0.25, 0.3) is 0 Å². The minimum Gasteiger partial charge on any atom is -0.396 e. The van der Waals surface area contributed by atoms with Crippen LogP contribution in [0.1, 0.15) is 47.0 Å². The van der Waals surface area contributed by atoms with Crippen LogP contribution in [0.15, 0.2) is 0 Å². The topological polar surface area (TPSA) is 37.3 Å². The number of aliphatic hydroxyl groups is 1. The van der Waals surface area contributed by atoms with Crippen molar-refractivity contribution in [1.82, 2.24) is 0 Å². The van der Waals surface area contributed by atoms with Crippen LogP contribution < -0.4 is 0 Å². The highest BCUT2D eigenvalue weighted by Crippen LogP contribution is 2.36. The first-order valence-corrected chi connectivity index (χ1v) is 4.87. The lowest BCUT2D eigenvalue weighted by Gasteiger charge is -2.33. The average molecular weight is 186 g/mol. The van der Waals surface area contributed by atoms with Gasteiger partial charge in [-0.3, -0.25) is 0 Å². The summed E-state index contributed by atoms with van der Waals surface area (Å²) in [5, 5.41) is 9.11. The van der Waals surface area contributed by atoms with E-state index >= 15 is 0 Å². The van der Waals surface area contributed by atoms with Crippen LogP contribution in [0.5, 0.6) is 0 Å². The van der Waals surface area contributed by atoms with Crippen molar-refractivity contribution in [3.05, 3.63) is 0 Å². The fraction of sp³-hybridized carbons (Fsp3) is 0.909. The van der Waals surface area contributed by atoms with E-state index in [1.807, 2.05) is 0 Å². The number of hydrogen-bond donors (Lipinski definition) is 1. The predicted molar refractivity (Wildman–Crippen MR) is 54.6 cm³/mol. The molecule has 0 aromatic rings. The molecule has 78 valence electrons. The number of carbonyl (C=O) groups is 1. The first-order valence-electron chi connectivity index (χ1n) is 4.87. The molecule has 0 bridgehead atoms. The Bertz CT molecular complexity index is 159. The summed E-state index contributed by atoms with van der Waals surface area (Å²) in [6, 6.07) is 0. The maximum Gasteiger partial charge on any atom is 0.120 e. The van der Waals surface area contributed by atoms with E-state index in [0.717, 1.165) is 19.1 Å². The molecule has 2 heteroatoms. The standard InChI is InChI=1S/C11H22O2/c1-10(2,6-5-7-12)8-11(3,4)9-13/h7,13H,5-6,8-9H2,1-4H3. The van der Waals surface area contributed by atoms with Gasteiger partial charge in [-0.05, 0) is 23.7 Å². The summed E-state index contributed by atoms with van der Waals surface area (Å²) in [6.45, 7) is 8.60. The van der Waals surface area contributed by atoms with Gasteiger partial charge in [-0.25, -0.2) is 0 Å². The first-order chi connectivity index (χ1) is 5.83. The maximum absolute atomic E-state index is 10.2. The van der Waals surface area contributed by atoms with Crippen LogP contribution in [-0.4, -0.2) is 18.0 Å². The molecule has 0 aromatic carbocycles. The van der Waals surface area contributed by atoms with Gasteiger partial charge in [0.2, 0.25) is 0 Å². The summed E-state index contributed by atoms with van der Waals surface area (Å²) in [4.78, 5) is 10.2. The smallest absolute Gasteiger partial charge is 0.120 e. The zero-order valence-corrected chi connectivity index (χ0v) is 9.26. The molecule has 0 spiro atoms. The van der Waals surface area contributed by atoms with E-state index in [1.165, 1.54) is 0 Å². The van der Waals surface area contributed by atoms with Crippen LogP contribution in [-0.2, 0) is 4.79 Å². The van der Waals surface area contributed by atoms with Gasteiger partial charge in [-0.1, -0.05) is 27.7 Å². The molecule has 0 atom stereocenters. The summed E-state index contributed by atoms with van der Waals surface area (Å²) in [6.07, 6.45) is 3.44. The van der Waals surface area contributed by atoms with Gasteiger partial charge in [0.25, 0.3) is 0 Å². The highest BCUT2D eigenvalue weighted by Gasteiger charge is 2.27. The van der Waals surface area contributed by atoms with Gasteiger partial charge in [0.1, 0.15) is 6.29 Å². The average Bonchev–Trinajstić information content (AvgIpc) is 1.99. The van der Waals surface area contributed by atoms with Crippen molar-refractivity contribution in [2.45, 2.75) is 47.0 Å². The lowest BCUT2D eigenvalue weighted by atomic mass is 9.73. The third-order valence-electron chi connectivity index (χ3n) is 2.32. The van der Waals surface area contributed by atoms with E-state index in [1.54, 1.807) is 0 Å². The molecule has 1 N–H and O–H groups in total. The Morgan fingerprint density at radius 2 is 1.69 bits per heavy atom. The lowest BCUT2D eigenvalue weighted by molar-refractivity contribution is -0.108. The zero-order valence-electron chi connectivity index (χ0n) is 9.26. The summed E-state index contributed by atoms with van der Waals surface area (Å²) in [5.41, 5.74) is 0.111. The van der Waals surface area contributed by atoms with Crippen molar-refractivity contribution in [3.8, 4) is 0 Å². The first kappa shape index (κ1) is 12.6. The summed E-state index contributed by atoms with van der Waals surface area (Å²) >= 11 is 0. The maximum atomic E-state index is 10.2. The van der Waals surface area contributed by atoms with Gasteiger partial charge in [-0.15, -0.1) is 0 Å². The van der Waals surface area contributed by atoms with Crippen LogP contribution in [0.2, 0.25) is 0 Å². The molecule has 0 aliphatic heterocycles. The van der Waals surface area contributed by atoms with Gasteiger partial charge in [0, 0.05) is 13.0 Å². The molecule has 0 radical (unpaired) electrons. The van der Waals surface area contributed by atoms with Crippen LogP contribution in [0.4, 0.5) is 0 Å². The van der Waals surface area contributed by atoms with Gasteiger partial charge in [0.15, 0.2) is 0 Å². The van der Waals surface area contributed by atoms with E-state index in [2.05, 4.69) is 27.7 Å². The molecule has 0 unspecified atom stereocenters. The van der Waals surface area contributed by atoms with E-state index in [-0.39, 0.29) is 17.4 Å². The molecular weight excluding hydrogens is 164 g/mol. The number of rotatable bonds is 6. The number of aldehydes is 1. The van der Waals surface area contributed by atoms with E-state index in [0.29, 0.717) is 6.42 Å². The molecule has 0 fully saturated rings. The van der Waals surface area contributed by atoms with Crippen molar-refractivity contribution in [1.29, 1.82) is 0 Å². The van der Waals surface area contributed by atoms with E-state index in [4.69, 9.17) is 5.11 Å². The number of hydrogen-bond acceptors (Lipinski definition) is 2. The second kappa shape index (κ2) is 4.75. The molecule has 0 aliphatic carbocycles. The number of aliphatic hydroxyl groups excluding tert-OH is 1. The Morgan fingerprint density at radius 3 is 2.08 bits per heavy atom. The van der Waals surface area contributed by atoms with Gasteiger partial charge in [0.05, 0.1) is 0 Å². The molecule has 0 saturated carbocycles. The van der Waals surface area contributed by atoms with Crippen LogP contribution >= 0.6 is 0 Å². The molecule has 0 aromatic heterocycles. The van der Waals surface area contributed by atoms with Crippen molar-refractivity contribution < 1.29 is 9.90 Å². The van der Waals surface area contributed by atoms with E-state index in [9.17, 15) is 4.79 Å². The Kier molecular flexibility index (Phi) is 4.62. The van der Waals surface area contributed by atoms with Gasteiger partial charge >= 0.3 is 0 Å². The van der Waals surface area contributed by atoms with Crippen molar-refractivity contribution in [3.63, 3.8) is 0 Å². The Balaban J connectivity index is 4.07. The van der Waals surface area contributed by atoms with Crippen molar-refractivity contribution in [2.75, 3.05) is 6.61 Å². The fourth-order valence-electron chi connectivity index (χ4n) is 1.89. The molecule has 2 nitrogen and oxygen atoms in total. The fourth-order valence-corrected chi connectivity index (χ4v) is 1.89. The monoisotopic (exact) mass is 186 g/mol. The molecule has 0 heterocycles. The second-order valence-corrected chi connectivity index (χ2v) is 5.37. The molecule has 0 amide bonds. The SMILES string of the molecule is CC(C)(CO)CC(C)(C)CCC=O. The summed E-state index contributed by atoms with van der Waals surface area (Å²) in [7, 11) is 0. The minimum absolute atomic E-state index is 0.0353. The Morgan fingerprint density at radius 1 is 1.15 bits per heavy atom. The van der Waals surface area contributed by atoms with Crippen LogP contribution in [0, 0.1) is 10.8 Å². The zero-order chi connectivity index (χ0) is 10.5. The molecule has 13 heavy (non-hydrogen) atoms. The molecular formula is C11H22O2. The highest BCUT2D eigenvalue weighted by molar-refractivity contribution is 5.49. The Labute approximate surface area is 81.3 Å². The quantitative estimate of drug-likeness (QED) is 0.647. The van der Waals surface area contributed by atoms with Crippen LogP contribution in [0.3, 0.4) is 0 Å². The second-order valence-electron chi connectivity index (χ2n) is 5.37. The molecule has 0 saturated heterocycles. The van der Waals surface area contributed by atoms with E-state index < -0.39 is 0 Å². The van der Waals surface area contributed by atoms with Gasteiger partial charge < -0.3 is 9.90 Å². The summed E-state index contributed by atoms with van der Waals surface area (Å²) < 4.78 is 0. The third kappa shape index (κ3) is 5.81. The lowest BCUT2D eigenvalue weighted by Crippen LogP contribution is -2.26. The van der Waals surface area contributed by atoms with Gasteiger partial charge in [-0.2, -0.15) is 0 Å². The highest BCUT2D eigenvalue weighted by atomic mass is 16.3. The number of carbonyl (C=O) groups excluding carboxylic acids is 1. The van der Waals surface area contributed by atoms with Crippen molar-refractivity contribution >= 4 is 6.29 Å². The minimum atomic E-state index is -0.0353. The normalized spacial score (nSPS) is 13.0. The third-order valence-corrected chi connectivity index (χ3v) is 2.32. The largest absolute Gasteiger partial charge is 0.396 e.